The second-order valence-corrected chi connectivity index (χ2v) is 10.2. The van der Waals surface area contributed by atoms with E-state index in [4.69, 9.17) is 0 Å². The van der Waals surface area contributed by atoms with E-state index in [1.807, 2.05) is 0 Å². The number of hydrogen-bond donors (Lipinski definition) is 3. The van der Waals surface area contributed by atoms with Crippen LogP contribution < -0.4 is 10.6 Å². The van der Waals surface area contributed by atoms with Crippen molar-refractivity contribution in [3.8, 4) is 0 Å². The first-order valence-corrected chi connectivity index (χ1v) is 10.8. The summed E-state index contributed by atoms with van der Waals surface area (Å²) >= 11 is 1.24. The van der Waals surface area contributed by atoms with Gasteiger partial charge in [-0.2, -0.15) is 4.31 Å². The van der Waals surface area contributed by atoms with Gasteiger partial charge in [-0.1, -0.05) is 18.2 Å². The molecule has 4 aliphatic rings. The van der Waals surface area contributed by atoms with Crippen LogP contribution in [0.5, 0.6) is 0 Å². The van der Waals surface area contributed by atoms with Gasteiger partial charge in [0.15, 0.2) is 5.56 Å². The van der Waals surface area contributed by atoms with Crippen LogP contribution in [0.25, 0.3) is 0 Å². The van der Waals surface area contributed by atoms with Crippen molar-refractivity contribution in [3.63, 3.8) is 0 Å². The zero-order valence-corrected chi connectivity index (χ0v) is 15.1. The number of anilines is 1. The lowest BCUT2D eigenvalue weighted by Gasteiger charge is -2.60. The van der Waals surface area contributed by atoms with Crippen molar-refractivity contribution < 1.29 is 18.3 Å². The first kappa shape index (κ1) is 15.9. The van der Waals surface area contributed by atoms with Crippen molar-refractivity contribution >= 4 is 33.4 Å². The van der Waals surface area contributed by atoms with Gasteiger partial charge in [0.1, 0.15) is 6.04 Å². The maximum absolute atomic E-state index is 13.3. The van der Waals surface area contributed by atoms with Crippen molar-refractivity contribution in [1.82, 2.24) is 9.62 Å². The number of piperidine rings is 1. The molecule has 2 saturated heterocycles. The molecule has 1 spiro atoms. The molecule has 134 valence electrons. The summed E-state index contributed by atoms with van der Waals surface area (Å²) in [5.74, 6) is -0.168. The molecular formula is C16H19N3O4S2. The van der Waals surface area contributed by atoms with Crippen molar-refractivity contribution in [1.29, 1.82) is 0 Å². The molecule has 4 atom stereocenters. The molecular weight excluding hydrogens is 362 g/mol. The van der Waals surface area contributed by atoms with E-state index in [0.29, 0.717) is 12.2 Å². The molecule has 1 aliphatic carbocycles. The highest BCUT2D eigenvalue weighted by molar-refractivity contribution is 8.00. The number of rotatable bonds is 2. The number of carbonyl (C=O) groups is 1. The molecule has 7 nitrogen and oxygen atoms in total. The number of fused-ring (bicyclic) bond motifs is 1. The minimum Gasteiger partial charge on any atom is -0.364 e. The molecule has 3 fully saturated rings. The van der Waals surface area contributed by atoms with Crippen LogP contribution in [0.1, 0.15) is 25.7 Å². The Hall–Kier alpha value is -1.29. The summed E-state index contributed by atoms with van der Waals surface area (Å²) in [6, 6.07) is 4.17. The van der Waals surface area contributed by atoms with Crippen LogP contribution in [-0.4, -0.2) is 47.9 Å². The number of sulfonamides is 1. The highest BCUT2D eigenvalue weighted by atomic mass is 32.2. The topological polar surface area (TPSA) is 98.7 Å². The number of nitrogens with one attached hydrogen (secondary N) is 2. The molecule has 25 heavy (non-hydrogen) atoms. The number of hydrogen-bond acceptors (Lipinski definition) is 6. The number of nitrogens with zero attached hydrogens (tertiary/aromatic N) is 1. The molecule has 5 rings (SSSR count). The normalized spacial score (nSPS) is 36.7. The summed E-state index contributed by atoms with van der Waals surface area (Å²) in [5.41, 5.74) is -0.315. The highest BCUT2D eigenvalue weighted by Gasteiger charge is 2.69. The van der Waals surface area contributed by atoms with Gasteiger partial charge in [-0.05, 0) is 37.5 Å². The smallest absolute Gasteiger partial charge is 0.244 e. The Balaban J connectivity index is 1.54. The number of aliphatic hydroxyl groups excluding tert-OH is 1. The molecule has 0 radical (unpaired) electrons. The van der Waals surface area contributed by atoms with Gasteiger partial charge in [-0.3, -0.25) is 4.79 Å². The predicted molar refractivity (Wildman–Crippen MR) is 92.4 cm³/mol. The van der Waals surface area contributed by atoms with Crippen LogP contribution in [0.4, 0.5) is 5.69 Å². The Bertz CT molecular complexity index is 874. The number of thioether (sulfide) groups is 1. The Labute approximate surface area is 150 Å². The van der Waals surface area contributed by atoms with E-state index in [9.17, 15) is 18.3 Å². The highest BCUT2D eigenvalue weighted by Crippen LogP contribution is 2.59. The van der Waals surface area contributed by atoms with Gasteiger partial charge < -0.3 is 15.7 Å². The second-order valence-electron chi connectivity index (χ2n) is 7.19. The van der Waals surface area contributed by atoms with Crippen LogP contribution in [-0.2, 0) is 14.8 Å². The van der Waals surface area contributed by atoms with Crippen LogP contribution in [0, 0.1) is 5.41 Å². The lowest BCUT2D eigenvalue weighted by Crippen LogP contribution is -2.77. The SMILES string of the molecule is O=C1NCCC23CCCC2N(S(=O)(=O)c2ccc4c(c2)NC(O)S4)C13. The van der Waals surface area contributed by atoms with Crippen LogP contribution in [0.15, 0.2) is 28.0 Å². The minimum absolute atomic E-state index is 0.0743. The zero-order chi connectivity index (χ0) is 17.4. The lowest BCUT2D eigenvalue weighted by atomic mass is 9.64. The van der Waals surface area contributed by atoms with Crippen molar-refractivity contribution in [2.75, 3.05) is 11.9 Å². The molecule has 4 unspecified atom stereocenters. The Kier molecular flexibility index (Phi) is 3.26. The number of benzene rings is 1. The molecule has 3 heterocycles. The molecule has 1 aromatic rings. The Morgan fingerprint density at radius 1 is 1.32 bits per heavy atom. The summed E-state index contributed by atoms with van der Waals surface area (Å²) in [5, 5.41) is 15.3. The molecule has 1 aromatic carbocycles. The van der Waals surface area contributed by atoms with Gasteiger partial charge in [0, 0.05) is 22.9 Å². The Morgan fingerprint density at radius 3 is 3.00 bits per heavy atom. The van der Waals surface area contributed by atoms with Gasteiger partial charge in [0.25, 0.3) is 0 Å². The fourth-order valence-corrected chi connectivity index (χ4v) is 7.85. The van der Waals surface area contributed by atoms with Gasteiger partial charge in [-0.25, -0.2) is 8.42 Å². The van der Waals surface area contributed by atoms with E-state index in [1.54, 1.807) is 18.2 Å². The first-order valence-electron chi connectivity index (χ1n) is 8.50. The maximum Gasteiger partial charge on any atom is 0.244 e. The third-order valence-electron chi connectivity index (χ3n) is 6.07. The van der Waals surface area contributed by atoms with E-state index in [0.717, 1.165) is 30.6 Å². The van der Waals surface area contributed by atoms with Crippen LogP contribution in [0.3, 0.4) is 0 Å². The fraction of sp³-hybridized carbons (Fsp3) is 0.562. The summed E-state index contributed by atoms with van der Waals surface area (Å²) in [6.45, 7) is 0.637. The average molecular weight is 381 g/mol. The van der Waals surface area contributed by atoms with Crippen LogP contribution in [0.2, 0.25) is 0 Å². The molecule has 0 aromatic heterocycles. The summed E-state index contributed by atoms with van der Waals surface area (Å²) in [7, 11) is -3.76. The minimum atomic E-state index is -3.76. The van der Waals surface area contributed by atoms with Gasteiger partial charge in [-0.15, -0.1) is 0 Å². The lowest BCUT2D eigenvalue weighted by molar-refractivity contribution is -0.151. The number of aliphatic hydroxyl groups is 1. The molecule has 1 amide bonds. The molecule has 3 aliphatic heterocycles. The first-order chi connectivity index (χ1) is 11.9. The summed E-state index contributed by atoms with van der Waals surface area (Å²) < 4.78 is 28.0. The number of amides is 1. The third-order valence-corrected chi connectivity index (χ3v) is 8.89. The predicted octanol–water partition coefficient (Wildman–Crippen LogP) is 0.912. The molecule has 9 heteroatoms. The number of carbonyl (C=O) groups excluding carboxylic acids is 1. The maximum atomic E-state index is 13.3. The van der Waals surface area contributed by atoms with E-state index in [2.05, 4.69) is 10.6 Å². The quantitative estimate of drug-likeness (QED) is 0.704. The monoisotopic (exact) mass is 381 g/mol. The van der Waals surface area contributed by atoms with E-state index >= 15 is 0 Å². The van der Waals surface area contributed by atoms with Crippen molar-refractivity contribution in [2.45, 2.75) is 53.1 Å². The molecule has 3 N–H and O–H groups in total. The zero-order valence-electron chi connectivity index (χ0n) is 13.4. The molecule has 1 saturated carbocycles. The fourth-order valence-electron chi connectivity index (χ4n) is 5.05. The average Bonchev–Trinajstić information content (AvgIpc) is 3.06. The van der Waals surface area contributed by atoms with E-state index < -0.39 is 21.6 Å². The van der Waals surface area contributed by atoms with Gasteiger partial charge in [0.2, 0.25) is 15.9 Å². The van der Waals surface area contributed by atoms with Crippen molar-refractivity contribution in [2.24, 2.45) is 5.41 Å². The van der Waals surface area contributed by atoms with Crippen molar-refractivity contribution in [3.05, 3.63) is 18.2 Å². The molecule has 0 bridgehead atoms. The third kappa shape index (κ3) is 2.00. The largest absolute Gasteiger partial charge is 0.364 e. The van der Waals surface area contributed by atoms with Gasteiger partial charge >= 0.3 is 0 Å². The van der Waals surface area contributed by atoms with E-state index in [1.165, 1.54) is 16.1 Å². The summed E-state index contributed by atoms with van der Waals surface area (Å²) in [6.07, 6.45) is 3.57. The second kappa shape index (κ2) is 5.12. The Morgan fingerprint density at radius 2 is 2.16 bits per heavy atom. The van der Waals surface area contributed by atoms with Gasteiger partial charge in [0.05, 0.1) is 10.6 Å². The van der Waals surface area contributed by atoms with E-state index in [-0.39, 0.29) is 22.3 Å². The van der Waals surface area contributed by atoms with Crippen LogP contribution >= 0.6 is 11.8 Å². The summed E-state index contributed by atoms with van der Waals surface area (Å²) in [4.78, 5) is 13.4. The standard InChI is InChI=1S/C16H19N3O4S2/c20-14-13-16(6-7-17-14)5-1-2-12(16)19(13)25(22,23)9-3-4-11-10(8-9)18-15(21)24-11/h3-4,8,12-13,15,18,21H,1-2,5-7H2,(H,17,20).